The van der Waals surface area contributed by atoms with Gasteiger partial charge in [-0.25, -0.2) is 4.98 Å². The highest BCUT2D eigenvalue weighted by Crippen LogP contribution is 2.12. The lowest BCUT2D eigenvalue weighted by molar-refractivity contribution is -0.117. The first-order valence-electron chi connectivity index (χ1n) is 5.43. The molecule has 0 saturated heterocycles. The van der Waals surface area contributed by atoms with Gasteiger partial charge in [-0.3, -0.25) is 10.1 Å². The van der Waals surface area contributed by atoms with Gasteiger partial charge in [0.15, 0.2) is 0 Å². The van der Waals surface area contributed by atoms with E-state index < -0.39 is 6.04 Å². The molecule has 1 unspecified atom stereocenters. The van der Waals surface area contributed by atoms with Crippen LogP contribution in [0.4, 0.5) is 5.95 Å². The molecule has 0 fully saturated rings. The number of nitrogens with two attached hydrogens (primary N) is 1. The van der Waals surface area contributed by atoms with E-state index in [2.05, 4.69) is 20.5 Å². The lowest BCUT2D eigenvalue weighted by atomic mass is 10.1. The molecular formula is C12H13N5O. The summed E-state index contributed by atoms with van der Waals surface area (Å²) in [5.74, 6) is -0.225. The highest BCUT2D eigenvalue weighted by Gasteiger charge is 2.16. The Labute approximate surface area is 104 Å². The smallest absolute Gasteiger partial charge is 0.249 e. The number of carbonyl (C=O) groups is 1. The maximum atomic E-state index is 11.9. The van der Waals surface area contributed by atoms with Crippen LogP contribution >= 0.6 is 0 Å². The van der Waals surface area contributed by atoms with Gasteiger partial charge >= 0.3 is 0 Å². The number of anilines is 1. The number of aromatic nitrogens is 3. The fourth-order valence-electron chi connectivity index (χ4n) is 1.42. The molecule has 0 aliphatic heterocycles. The Kier molecular flexibility index (Phi) is 3.59. The molecule has 2 rings (SSSR count). The summed E-state index contributed by atoms with van der Waals surface area (Å²) in [6, 6.07) is 6.70. The molecule has 0 bridgehead atoms. The Morgan fingerprint density at radius 3 is 2.61 bits per heavy atom. The van der Waals surface area contributed by atoms with E-state index in [1.54, 1.807) is 0 Å². The van der Waals surface area contributed by atoms with E-state index in [4.69, 9.17) is 5.73 Å². The summed E-state index contributed by atoms with van der Waals surface area (Å²) in [5.41, 5.74) is 7.70. The summed E-state index contributed by atoms with van der Waals surface area (Å²) in [6.45, 7) is 1.97. The van der Waals surface area contributed by atoms with Crippen molar-refractivity contribution in [2.75, 3.05) is 5.32 Å². The molecule has 1 aromatic carbocycles. The summed E-state index contributed by atoms with van der Waals surface area (Å²) in [7, 11) is 0. The van der Waals surface area contributed by atoms with Crippen molar-refractivity contribution in [3.63, 3.8) is 0 Å². The van der Waals surface area contributed by atoms with Crippen molar-refractivity contribution in [3.05, 3.63) is 47.8 Å². The van der Waals surface area contributed by atoms with E-state index in [-0.39, 0.29) is 11.9 Å². The van der Waals surface area contributed by atoms with Crippen molar-refractivity contribution >= 4 is 11.9 Å². The van der Waals surface area contributed by atoms with Crippen molar-refractivity contribution < 1.29 is 4.79 Å². The van der Waals surface area contributed by atoms with Crippen molar-refractivity contribution in [1.82, 2.24) is 15.2 Å². The Morgan fingerprint density at radius 1 is 1.28 bits per heavy atom. The van der Waals surface area contributed by atoms with Crippen LogP contribution in [0, 0.1) is 6.92 Å². The van der Waals surface area contributed by atoms with Gasteiger partial charge in [0.05, 0.1) is 12.4 Å². The van der Waals surface area contributed by atoms with Gasteiger partial charge in [0, 0.05) is 0 Å². The van der Waals surface area contributed by atoms with Crippen LogP contribution in [0.25, 0.3) is 0 Å². The highest BCUT2D eigenvalue weighted by atomic mass is 16.2. The molecule has 1 atom stereocenters. The third-order valence-electron chi connectivity index (χ3n) is 2.44. The van der Waals surface area contributed by atoms with Gasteiger partial charge < -0.3 is 5.73 Å². The Hall–Kier alpha value is -2.34. The number of nitrogens with one attached hydrogen (secondary N) is 1. The molecule has 2 aromatic rings. The maximum absolute atomic E-state index is 11.9. The van der Waals surface area contributed by atoms with Crippen molar-refractivity contribution in [1.29, 1.82) is 0 Å². The van der Waals surface area contributed by atoms with Gasteiger partial charge in [-0.1, -0.05) is 29.8 Å². The van der Waals surface area contributed by atoms with E-state index in [0.29, 0.717) is 0 Å². The van der Waals surface area contributed by atoms with Crippen LogP contribution in [0.2, 0.25) is 0 Å². The number of nitrogens with zero attached hydrogens (tertiary/aromatic N) is 3. The molecule has 1 amide bonds. The largest absolute Gasteiger partial charge is 0.316 e. The minimum absolute atomic E-state index is 0.144. The Bertz CT molecular complexity index is 526. The fourth-order valence-corrected chi connectivity index (χ4v) is 1.42. The van der Waals surface area contributed by atoms with Crippen LogP contribution in [0.3, 0.4) is 0 Å². The molecular weight excluding hydrogens is 230 g/mol. The lowest BCUT2D eigenvalue weighted by Crippen LogP contribution is -2.28. The average Bonchev–Trinajstić information content (AvgIpc) is 2.40. The van der Waals surface area contributed by atoms with E-state index in [1.807, 2.05) is 31.2 Å². The minimum Gasteiger partial charge on any atom is -0.316 e. The monoisotopic (exact) mass is 243 g/mol. The summed E-state index contributed by atoms with van der Waals surface area (Å²) in [4.78, 5) is 15.7. The van der Waals surface area contributed by atoms with Crippen molar-refractivity contribution in [3.8, 4) is 0 Å². The van der Waals surface area contributed by atoms with Crippen LogP contribution in [-0.4, -0.2) is 21.1 Å². The predicted molar refractivity (Wildman–Crippen MR) is 66.6 cm³/mol. The van der Waals surface area contributed by atoms with Crippen LogP contribution in [-0.2, 0) is 4.79 Å². The van der Waals surface area contributed by atoms with Crippen LogP contribution in [0.15, 0.2) is 36.7 Å². The SMILES string of the molecule is Cc1ccc(C(N)C(=O)Nc2nccnn2)cc1. The normalized spacial score (nSPS) is 11.9. The molecule has 6 nitrogen and oxygen atoms in total. The summed E-state index contributed by atoms with van der Waals surface area (Å²) in [5, 5.41) is 9.78. The number of carbonyl (C=O) groups excluding carboxylic acids is 1. The van der Waals surface area contributed by atoms with Gasteiger partial charge in [0.1, 0.15) is 6.04 Å². The number of rotatable bonds is 3. The lowest BCUT2D eigenvalue weighted by Gasteiger charge is -2.11. The zero-order valence-electron chi connectivity index (χ0n) is 9.87. The van der Waals surface area contributed by atoms with Crippen molar-refractivity contribution in [2.24, 2.45) is 5.73 Å². The summed E-state index contributed by atoms with van der Waals surface area (Å²) in [6.07, 6.45) is 2.87. The maximum Gasteiger partial charge on any atom is 0.249 e. The molecule has 0 aliphatic carbocycles. The zero-order valence-corrected chi connectivity index (χ0v) is 9.87. The molecule has 1 heterocycles. The molecule has 0 spiro atoms. The molecule has 92 valence electrons. The second-order valence-corrected chi connectivity index (χ2v) is 3.84. The first kappa shape index (κ1) is 12.1. The van der Waals surface area contributed by atoms with Gasteiger partial charge in [-0.2, -0.15) is 5.10 Å². The number of amides is 1. The third kappa shape index (κ3) is 2.86. The molecule has 18 heavy (non-hydrogen) atoms. The summed E-state index contributed by atoms with van der Waals surface area (Å²) >= 11 is 0. The first-order valence-corrected chi connectivity index (χ1v) is 5.43. The van der Waals surface area contributed by atoms with Gasteiger partial charge in [-0.15, -0.1) is 5.10 Å². The minimum atomic E-state index is -0.755. The fraction of sp³-hybridized carbons (Fsp3) is 0.167. The molecule has 0 saturated carbocycles. The van der Waals surface area contributed by atoms with Gasteiger partial charge in [-0.05, 0) is 12.5 Å². The van der Waals surface area contributed by atoms with Crippen LogP contribution in [0.1, 0.15) is 17.2 Å². The topological polar surface area (TPSA) is 93.8 Å². The van der Waals surface area contributed by atoms with Crippen LogP contribution in [0.5, 0.6) is 0 Å². The Balaban J connectivity index is 2.07. The number of hydrogen-bond donors (Lipinski definition) is 2. The standard InChI is InChI=1S/C12H13N5O/c1-8-2-4-9(5-3-8)10(13)11(18)16-12-14-6-7-15-17-12/h2-7,10H,13H2,1H3,(H,14,16,17,18). The number of hydrogen-bond acceptors (Lipinski definition) is 5. The third-order valence-corrected chi connectivity index (χ3v) is 2.44. The van der Waals surface area contributed by atoms with Gasteiger partial charge in [0.2, 0.25) is 11.9 Å². The average molecular weight is 243 g/mol. The summed E-state index contributed by atoms with van der Waals surface area (Å²) < 4.78 is 0. The second kappa shape index (κ2) is 5.33. The quantitative estimate of drug-likeness (QED) is 0.832. The van der Waals surface area contributed by atoms with E-state index in [9.17, 15) is 4.79 Å². The van der Waals surface area contributed by atoms with E-state index in [0.717, 1.165) is 11.1 Å². The molecule has 0 aliphatic rings. The van der Waals surface area contributed by atoms with E-state index in [1.165, 1.54) is 12.4 Å². The Morgan fingerprint density at radius 2 is 2.00 bits per heavy atom. The molecule has 1 aromatic heterocycles. The van der Waals surface area contributed by atoms with E-state index >= 15 is 0 Å². The molecule has 6 heteroatoms. The second-order valence-electron chi connectivity index (χ2n) is 3.84. The number of aryl methyl sites for hydroxylation is 1. The van der Waals surface area contributed by atoms with Crippen molar-refractivity contribution in [2.45, 2.75) is 13.0 Å². The first-order chi connectivity index (χ1) is 8.66. The zero-order chi connectivity index (χ0) is 13.0. The number of benzene rings is 1. The van der Waals surface area contributed by atoms with Gasteiger partial charge in [0.25, 0.3) is 0 Å². The molecule has 0 radical (unpaired) electrons. The predicted octanol–water partition coefficient (Wildman–Crippen LogP) is 0.819. The van der Waals surface area contributed by atoms with Crippen LogP contribution < -0.4 is 11.1 Å². The molecule has 3 N–H and O–H groups in total. The highest BCUT2D eigenvalue weighted by molar-refractivity contribution is 5.93.